The van der Waals surface area contributed by atoms with Crippen LogP contribution in [0.4, 0.5) is 20.3 Å². The number of aryl methyl sites for hydroxylation is 1. The van der Waals surface area contributed by atoms with Gasteiger partial charge in [0.25, 0.3) is 5.91 Å². The van der Waals surface area contributed by atoms with E-state index in [9.17, 15) is 13.6 Å². The molecule has 1 aromatic carbocycles. The van der Waals surface area contributed by atoms with Crippen LogP contribution in [0, 0.1) is 18.6 Å². The summed E-state index contributed by atoms with van der Waals surface area (Å²) in [6, 6.07) is 5.47. The molecule has 0 saturated carbocycles. The first-order valence-electron chi connectivity index (χ1n) is 12.7. The fraction of sp³-hybridized carbons (Fsp3) is 0.179. The van der Waals surface area contributed by atoms with Crippen molar-refractivity contribution in [3.8, 4) is 11.5 Å². The second-order valence-corrected chi connectivity index (χ2v) is 9.30. The molecule has 214 valence electrons. The van der Waals surface area contributed by atoms with Gasteiger partial charge in [0.1, 0.15) is 35.6 Å². The Kier molecular flexibility index (Phi) is 8.06. The largest absolute Gasteiger partial charge is 0.441 e. The van der Waals surface area contributed by atoms with Crippen LogP contribution in [-0.4, -0.2) is 47.6 Å². The molecule has 14 heteroatoms. The highest BCUT2D eigenvalue weighted by Crippen LogP contribution is 2.37. The number of halogens is 2. The molecule has 5 heterocycles. The van der Waals surface area contributed by atoms with Gasteiger partial charge in [-0.15, -0.1) is 0 Å². The van der Waals surface area contributed by atoms with Crippen LogP contribution in [0.15, 0.2) is 66.1 Å². The summed E-state index contributed by atoms with van der Waals surface area (Å²) >= 11 is 0. The Labute approximate surface area is 237 Å². The Morgan fingerprint density at radius 2 is 1.90 bits per heavy atom. The van der Waals surface area contributed by atoms with Crippen molar-refractivity contribution in [2.75, 3.05) is 12.4 Å². The first-order valence-corrected chi connectivity index (χ1v) is 12.7. The van der Waals surface area contributed by atoms with Crippen LogP contribution in [0.25, 0.3) is 28.0 Å². The number of benzene rings is 1. The third-order valence-corrected chi connectivity index (χ3v) is 6.07. The van der Waals surface area contributed by atoms with Gasteiger partial charge in [0.05, 0.1) is 30.1 Å². The number of oxazole rings is 1. The first kappa shape index (κ1) is 28.2. The monoisotopic (exact) mass is 573 g/mol. The highest BCUT2D eigenvalue weighted by Gasteiger charge is 2.23. The van der Waals surface area contributed by atoms with E-state index in [0.717, 1.165) is 28.2 Å². The number of anilines is 2. The number of hydrogen-bond donors (Lipinski definition) is 2. The van der Waals surface area contributed by atoms with Crippen LogP contribution < -0.4 is 10.8 Å². The number of hydrogen-bond acceptors (Lipinski definition) is 10. The molecule has 0 aliphatic carbocycles. The molecule has 0 radical (unpaired) electrons. The fourth-order valence-electron chi connectivity index (χ4n) is 4.27. The minimum atomic E-state index is -1.03. The summed E-state index contributed by atoms with van der Waals surface area (Å²) in [5.41, 5.74) is 4.35. The second kappa shape index (κ2) is 12.0. The average molecular weight is 574 g/mol. The molecule has 6 aromatic rings. The zero-order valence-electron chi connectivity index (χ0n) is 23.0. The molecule has 0 atom stereocenters. The summed E-state index contributed by atoms with van der Waals surface area (Å²) in [6.45, 7) is 5.76. The van der Waals surface area contributed by atoms with E-state index < -0.39 is 23.1 Å². The van der Waals surface area contributed by atoms with E-state index in [1.807, 2.05) is 31.5 Å². The van der Waals surface area contributed by atoms with E-state index in [-0.39, 0.29) is 17.4 Å². The maximum absolute atomic E-state index is 14.6. The number of nitrogens with one attached hydrogen (secondary N) is 2. The van der Waals surface area contributed by atoms with E-state index in [1.165, 1.54) is 19.8 Å². The topological polar surface area (TPSA) is 145 Å². The SMILES string of the molecule is CONC(=O)c1cc(Nc2ncnn3cc(-c4ncc(C)o4)c(C(C)C)c23)c(F)cc1F.c1cnc2ncncc2c1. The lowest BCUT2D eigenvalue weighted by Crippen LogP contribution is -2.23. The lowest BCUT2D eigenvalue weighted by Gasteiger charge is -2.13. The minimum Gasteiger partial charge on any atom is -0.441 e. The van der Waals surface area contributed by atoms with Crippen molar-refractivity contribution in [2.45, 2.75) is 26.7 Å². The molecule has 0 bridgehead atoms. The van der Waals surface area contributed by atoms with Crippen LogP contribution in [0.5, 0.6) is 0 Å². The van der Waals surface area contributed by atoms with Crippen molar-refractivity contribution in [2.24, 2.45) is 0 Å². The van der Waals surface area contributed by atoms with E-state index >= 15 is 0 Å². The molecule has 0 fully saturated rings. The number of pyridine rings is 1. The molecule has 1 amide bonds. The Balaban J connectivity index is 0.000000295. The number of rotatable bonds is 6. The van der Waals surface area contributed by atoms with Gasteiger partial charge in [-0.05, 0) is 36.6 Å². The van der Waals surface area contributed by atoms with Gasteiger partial charge in [0, 0.05) is 30.0 Å². The number of hydroxylamine groups is 1. The fourth-order valence-corrected chi connectivity index (χ4v) is 4.27. The molecule has 0 unspecified atom stereocenters. The van der Waals surface area contributed by atoms with Gasteiger partial charge in [0.15, 0.2) is 11.5 Å². The number of nitrogens with zero attached hydrogens (tertiary/aromatic N) is 7. The minimum absolute atomic E-state index is 0.00913. The molecule has 12 nitrogen and oxygen atoms in total. The summed E-state index contributed by atoms with van der Waals surface area (Å²) in [5, 5.41) is 8.08. The molecule has 0 saturated heterocycles. The molecule has 42 heavy (non-hydrogen) atoms. The highest BCUT2D eigenvalue weighted by atomic mass is 19.1. The maximum Gasteiger partial charge on any atom is 0.277 e. The molecule has 0 spiro atoms. The van der Waals surface area contributed by atoms with Crippen molar-refractivity contribution >= 4 is 34.0 Å². The van der Waals surface area contributed by atoms with Gasteiger partial charge in [0.2, 0.25) is 5.89 Å². The van der Waals surface area contributed by atoms with E-state index in [1.54, 1.807) is 36.2 Å². The van der Waals surface area contributed by atoms with Gasteiger partial charge in [-0.3, -0.25) is 9.63 Å². The summed E-state index contributed by atoms with van der Waals surface area (Å²) in [6.07, 6.45) is 9.62. The summed E-state index contributed by atoms with van der Waals surface area (Å²) in [7, 11) is 1.21. The predicted molar refractivity (Wildman–Crippen MR) is 149 cm³/mol. The number of carbonyl (C=O) groups excluding carboxylic acids is 1. The van der Waals surface area contributed by atoms with Gasteiger partial charge in [-0.25, -0.2) is 43.7 Å². The molecule has 0 aliphatic heterocycles. The number of fused-ring (bicyclic) bond motifs is 2. The van der Waals surface area contributed by atoms with Crippen LogP contribution >= 0.6 is 0 Å². The van der Waals surface area contributed by atoms with Crippen molar-refractivity contribution in [3.63, 3.8) is 0 Å². The van der Waals surface area contributed by atoms with Crippen molar-refractivity contribution in [1.82, 2.24) is 40.0 Å². The smallest absolute Gasteiger partial charge is 0.277 e. The van der Waals surface area contributed by atoms with Crippen LogP contribution in [-0.2, 0) is 4.84 Å². The quantitative estimate of drug-likeness (QED) is 0.256. The molecule has 6 rings (SSSR count). The van der Waals surface area contributed by atoms with Crippen LogP contribution in [0.2, 0.25) is 0 Å². The summed E-state index contributed by atoms with van der Waals surface area (Å²) in [4.78, 5) is 37.0. The third-order valence-electron chi connectivity index (χ3n) is 6.07. The number of aromatic nitrogens is 7. The summed E-state index contributed by atoms with van der Waals surface area (Å²) < 4.78 is 36.0. The molecular weight excluding hydrogens is 548 g/mol. The van der Waals surface area contributed by atoms with Crippen molar-refractivity contribution < 1.29 is 22.8 Å². The Hall–Kier alpha value is -5.37. The summed E-state index contributed by atoms with van der Waals surface area (Å²) in [5.74, 6) is -1.42. The Morgan fingerprint density at radius 3 is 2.62 bits per heavy atom. The van der Waals surface area contributed by atoms with Crippen molar-refractivity contribution in [1.29, 1.82) is 0 Å². The zero-order valence-corrected chi connectivity index (χ0v) is 23.0. The van der Waals surface area contributed by atoms with Crippen LogP contribution in [0.3, 0.4) is 0 Å². The molecule has 2 N–H and O–H groups in total. The van der Waals surface area contributed by atoms with Gasteiger partial charge in [-0.2, -0.15) is 5.10 Å². The lowest BCUT2D eigenvalue weighted by atomic mass is 10.00. The van der Waals surface area contributed by atoms with E-state index in [2.05, 4.69) is 40.2 Å². The average Bonchev–Trinajstić information content (AvgIpc) is 3.59. The normalized spacial score (nSPS) is 11.0. The molecule has 5 aromatic heterocycles. The van der Waals surface area contributed by atoms with Crippen LogP contribution in [0.1, 0.15) is 41.4 Å². The Bertz CT molecular complexity index is 1820. The van der Waals surface area contributed by atoms with Gasteiger partial charge in [-0.1, -0.05) is 13.8 Å². The number of amides is 1. The van der Waals surface area contributed by atoms with Gasteiger partial charge >= 0.3 is 0 Å². The second-order valence-electron chi connectivity index (χ2n) is 9.30. The standard InChI is InChI=1S/C21H20F2N6O3.C7H5N3/c1-10(2)17-13(21-24-7-11(3)32-21)8-29-18(17)19(25-9-26-29)27-16-5-12(20(30)28-31-4)14(22)6-15(16)23;1-2-6-4-8-5-10-7(6)9-3-1/h5-10H,1-4H3,(H,28,30)(H,25,26,27);1-5H. The predicted octanol–water partition coefficient (Wildman–Crippen LogP) is 5.15. The zero-order chi connectivity index (χ0) is 29.8. The highest BCUT2D eigenvalue weighted by molar-refractivity contribution is 5.95. The third kappa shape index (κ3) is 5.74. The van der Waals surface area contributed by atoms with Crippen molar-refractivity contribution in [3.05, 3.63) is 90.2 Å². The Morgan fingerprint density at radius 1 is 1.07 bits per heavy atom. The maximum atomic E-state index is 14.6. The first-order chi connectivity index (χ1) is 20.3. The molecular formula is C28H25F2N9O3. The molecule has 0 aliphatic rings. The van der Waals surface area contributed by atoms with E-state index in [4.69, 9.17) is 4.42 Å². The van der Waals surface area contributed by atoms with E-state index in [0.29, 0.717) is 23.2 Å². The lowest BCUT2D eigenvalue weighted by molar-refractivity contribution is 0.0533. The van der Waals surface area contributed by atoms with Gasteiger partial charge < -0.3 is 9.73 Å². The number of carbonyl (C=O) groups is 1.